The summed E-state index contributed by atoms with van der Waals surface area (Å²) in [6.07, 6.45) is -8.70. The molecule has 0 aliphatic carbocycles. The highest BCUT2D eigenvalue weighted by molar-refractivity contribution is 5.29. The van der Waals surface area contributed by atoms with Crippen LogP contribution >= 0.6 is 0 Å². The monoisotopic (exact) mass is 344 g/mol. The van der Waals surface area contributed by atoms with Crippen LogP contribution in [0, 0.1) is 0 Å². The van der Waals surface area contributed by atoms with Crippen LogP contribution < -0.4 is 4.74 Å². The Bertz CT molecular complexity index is 503. The fourth-order valence-corrected chi connectivity index (χ4v) is 2.59. The van der Waals surface area contributed by atoms with Crippen molar-refractivity contribution in [2.75, 3.05) is 13.7 Å². The van der Waals surface area contributed by atoms with Crippen molar-refractivity contribution in [1.82, 2.24) is 0 Å². The molecule has 0 bridgehead atoms. The highest BCUT2D eigenvalue weighted by atomic mass is 16.7. The van der Waals surface area contributed by atoms with Gasteiger partial charge in [0.1, 0.15) is 36.3 Å². The zero-order valence-electron chi connectivity index (χ0n) is 13.5. The van der Waals surface area contributed by atoms with Gasteiger partial charge in [-0.25, -0.2) is 0 Å². The average molecular weight is 344 g/mol. The first-order valence-corrected chi connectivity index (χ1v) is 7.67. The molecule has 7 atom stereocenters. The molecule has 136 valence electrons. The first kappa shape index (κ1) is 19.1. The van der Waals surface area contributed by atoms with Crippen molar-refractivity contribution in [1.29, 1.82) is 0 Å². The maximum atomic E-state index is 10.0. The summed E-state index contributed by atoms with van der Waals surface area (Å²) in [7, 11) is 1.53. The van der Waals surface area contributed by atoms with Crippen molar-refractivity contribution in [2.24, 2.45) is 0 Å². The maximum absolute atomic E-state index is 10.0. The van der Waals surface area contributed by atoms with E-state index >= 15 is 0 Å². The van der Waals surface area contributed by atoms with E-state index in [0.29, 0.717) is 11.3 Å². The molecule has 5 N–H and O–H groups in total. The van der Waals surface area contributed by atoms with Gasteiger partial charge in [0.25, 0.3) is 0 Å². The SMILES string of the molecule is COc1ccc([C@@H](O[C@@H]2O[C@@H](CO)[C@@H](O)[C@@H](O)[C@@H]2O)[C@@H](C)O)cc1. The van der Waals surface area contributed by atoms with Gasteiger partial charge in [0.05, 0.1) is 19.8 Å². The molecule has 0 saturated carbocycles. The smallest absolute Gasteiger partial charge is 0.187 e. The molecule has 0 radical (unpaired) electrons. The van der Waals surface area contributed by atoms with Crippen LogP contribution in [0.15, 0.2) is 24.3 Å². The predicted molar refractivity (Wildman–Crippen MR) is 82.3 cm³/mol. The molecule has 0 aromatic heterocycles. The van der Waals surface area contributed by atoms with Crippen LogP contribution in [0.3, 0.4) is 0 Å². The van der Waals surface area contributed by atoms with E-state index in [0.717, 1.165) is 0 Å². The Hall–Kier alpha value is -1.26. The molecule has 1 aromatic rings. The molecule has 2 rings (SSSR count). The maximum Gasteiger partial charge on any atom is 0.187 e. The third kappa shape index (κ3) is 4.04. The van der Waals surface area contributed by atoms with Gasteiger partial charge in [-0.15, -0.1) is 0 Å². The molecular formula is C16H24O8. The lowest BCUT2D eigenvalue weighted by Gasteiger charge is -2.41. The average Bonchev–Trinajstić information content (AvgIpc) is 2.59. The van der Waals surface area contributed by atoms with Crippen LogP contribution in [0.25, 0.3) is 0 Å². The Balaban J connectivity index is 2.17. The highest BCUT2D eigenvalue weighted by Gasteiger charge is 2.45. The molecule has 0 unspecified atom stereocenters. The second-order valence-electron chi connectivity index (χ2n) is 5.77. The van der Waals surface area contributed by atoms with Crippen LogP contribution in [0.4, 0.5) is 0 Å². The van der Waals surface area contributed by atoms with Gasteiger partial charge in [-0.05, 0) is 24.6 Å². The molecular weight excluding hydrogens is 320 g/mol. The Morgan fingerprint density at radius 2 is 1.71 bits per heavy atom. The van der Waals surface area contributed by atoms with E-state index in [9.17, 15) is 25.5 Å². The van der Waals surface area contributed by atoms with Crippen molar-refractivity contribution in [2.45, 2.75) is 49.8 Å². The fraction of sp³-hybridized carbons (Fsp3) is 0.625. The Kier molecular flexibility index (Phi) is 6.53. The van der Waals surface area contributed by atoms with E-state index in [4.69, 9.17) is 14.2 Å². The standard InChI is InChI=1S/C16H24O8/c1-8(18)15(9-3-5-10(22-2)6-4-9)24-16-14(21)13(20)12(19)11(7-17)23-16/h3-6,8,11-21H,7H2,1-2H3/t8-,11+,12-,13-,14+,15+,16+/m1/s1. The van der Waals surface area contributed by atoms with E-state index in [2.05, 4.69) is 0 Å². The van der Waals surface area contributed by atoms with Gasteiger partial charge in [-0.3, -0.25) is 0 Å². The largest absolute Gasteiger partial charge is 0.497 e. The number of hydrogen-bond donors (Lipinski definition) is 5. The summed E-state index contributed by atoms with van der Waals surface area (Å²) in [5.41, 5.74) is 0.614. The molecule has 1 heterocycles. The summed E-state index contributed by atoms with van der Waals surface area (Å²) in [5.74, 6) is 0.635. The lowest BCUT2D eigenvalue weighted by atomic mass is 9.99. The Morgan fingerprint density at radius 3 is 2.21 bits per heavy atom. The van der Waals surface area contributed by atoms with Gasteiger partial charge in [-0.1, -0.05) is 12.1 Å². The van der Waals surface area contributed by atoms with Crippen molar-refractivity contribution >= 4 is 0 Å². The van der Waals surface area contributed by atoms with E-state index in [1.807, 2.05) is 0 Å². The summed E-state index contributed by atoms with van der Waals surface area (Å²) >= 11 is 0. The number of hydrogen-bond acceptors (Lipinski definition) is 8. The second kappa shape index (κ2) is 8.21. The number of methoxy groups -OCH3 is 1. The molecule has 1 aromatic carbocycles. The number of aliphatic hydroxyl groups excluding tert-OH is 5. The molecule has 1 aliphatic heterocycles. The van der Waals surface area contributed by atoms with Gasteiger partial charge in [0.2, 0.25) is 0 Å². The molecule has 8 nitrogen and oxygen atoms in total. The van der Waals surface area contributed by atoms with Gasteiger partial charge >= 0.3 is 0 Å². The fourth-order valence-electron chi connectivity index (χ4n) is 2.59. The van der Waals surface area contributed by atoms with Crippen molar-refractivity contribution < 1.29 is 39.7 Å². The predicted octanol–water partition coefficient (Wildman–Crippen LogP) is -1.07. The van der Waals surface area contributed by atoms with Gasteiger partial charge in [-0.2, -0.15) is 0 Å². The minimum absolute atomic E-state index is 0.549. The second-order valence-corrected chi connectivity index (χ2v) is 5.77. The van der Waals surface area contributed by atoms with Crippen LogP contribution in [-0.4, -0.2) is 76.1 Å². The van der Waals surface area contributed by atoms with Crippen LogP contribution in [-0.2, 0) is 9.47 Å². The molecule has 8 heteroatoms. The summed E-state index contributed by atoms with van der Waals surface area (Å²) in [6.45, 7) is 0.964. The van der Waals surface area contributed by atoms with Crippen LogP contribution in [0.5, 0.6) is 5.75 Å². The number of ether oxygens (including phenoxy) is 3. The summed E-state index contributed by atoms with van der Waals surface area (Å²) in [4.78, 5) is 0. The van der Waals surface area contributed by atoms with Crippen molar-refractivity contribution in [3.8, 4) is 5.75 Å². The van der Waals surface area contributed by atoms with E-state index < -0.39 is 49.5 Å². The minimum atomic E-state index is -1.54. The molecule has 1 aliphatic rings. The summed E-state index contributed by atoms with van der Waals surface area (Å²) in [6, 6.07) is 6.78. The number of rotatable bonds is 6. The topological polar surface area (TPSA) is 129 Å². The van der Waals surface area contributed by atoms with E-state index in [1.54, 1.807) is 24.3 Å². The van der Waals surface area contributed by atoms with Gasteiger partial charge in [0.15, 0.2) is 6.29 Å². The van der Waals surface area contributed by atoms with Crippen LogP contribution in [0.1, 0.15) is 18.6 Å². The Morgan fingerprint density at radius 1 is 1.08 bits per heavy atom. The van der Waals surface area contributed by atoms with Crippen LogP contribution in [0.2, 0.25) is 0 Å². The lowest BCUT2D eigenvalue weighted by molar-refractivity contribution is -0.317. The quantitative estimate of drug-likeness (QED) is 0.441. The third-order valence-electron chi connectivity index (χ3n) is 4.01. The Labute approximate surface area is 139 Å². The third-order valence-corrected chi connectivity index (χ3v) is 4.01. The number of benzene rings is 1. The first-order valence-electron chi connectivity index (χ1n) is 7.67. The van der Waals surface area contributed by atoms with Gasteiger partial charge < -0.3 is 39.7 Å². The highest BCUT2D eigenvalue weighted by Crippen LogP contribution is 2.30. The minimum Gasteiger partial charge on any atom is -0.497 e. The van der Waals surface area contributed by atoms with Gasteiger partial charge in [0, 0.05) is 0 Å². The zero-order chi connectivity index (χ0) is 17.9. The molecule has 1 fully saturated rings. The summed E-state index contributed by atoms with van der Waals surface area (Å²) in [5, 5.41) is 48.8. The first-order chi connectivity index (χ1) is 11.4. The van der Waals surface area contributed by atoms with E-state index in [1.165, 1.54) is 14.0 Å². The lowest BCUT2D eigenvalue weighted by Crippen LogP contribution is -2.59. The van der Waals surface area contributed by atoms with Crippen molar-refractivity contribution in [3.05, 3.63) is 29.8 Å². The van der Waals surface area contributed by atoms with E-state index in [-0.39, 0.29) is 0 Å². The molecule has 0 amide bonds. The summed E-state index contributed by atoms with van der Waals surface area (Å²) < 4.78 is 16.0. The molecule has 0 spiro atoms. The normalized spacial score (nSPS) is 33.0. The number of aliphatic hydroxyl groups is 5. The molecule has 24 heavy (non-hydrogen) atoms. The molecule has 1 saturated heterocycles. The zero-order valence-corrected chi connectivity index (χ0v) is 13.5. The van der Waals surface area contributed by atoms with Crippen molar-refractivity contribution in [3.63, 3.8) is 0 Å².